The molecule has 2 unspecified atom stereocenters. The van der Waals surface area contributed by atoms with Crippen molar-refractivity contribution in [3.05, 3.63) is 0 Å². The number of carbonyl (C=O) groups is 2. The average molecular weight is 154 g/mol. The fourth-order valence-electron chi connectivity index (χ4n) is 1.51. The number of ketones is 2. The first-order valence-corrected chi connectivity index (χ1v) is 4.14. The molecular weight excluding hydrogens is 140 g/mol. The first kappa shape index (κ1) is 8.44. The van der Waals surface area contributed by atoms with Gasteiger partial charge in [-0.1, -0.05) is 6.92 Å². The van der Waals surface area contributed by atoms with Gasteiger partial charge < -0.3 is 0 Å². The molecule has 1 fully saturated rings. The Labute approximate surface area is 67.0 Å². The maximum absolute atomic E-state index is 11.2. The van der Waals surface area contributed by atoms with Crippen LogP contribution in [0.2, 0.25) is 0 Å². The van der Waals surface area contributed by atoms with Crippen LogP contribution in [0.25, 0.3) is 0 Å². The zero-order valence-corrected chi connectivity index (χ0v) is 7.09. The van der Waals surface area contributed by atoms with Crippen LogP contribution in [0, 0.1) is 11.8 Å². The van der Waals surface area contributed by atoms with Gasteiger partial charge in [0.2, 0.25) is 0 Å². The van der Waals surface area contributed by atoms with Crippen LogP contribution >= 0.6 is 0 Å². The van der Waals surface area contributed by atoms with Crippen molar-refractivity contribution in [1.29, 1.82) is 0 Å². The van der Waals surface area contributed by atoms with Gasteiger partial charge in [-0.05, 0) is 19.8 Å². The summed E-state index contributed by atoms with van der Waals surface area (Å²) in [5.41, 5.74) is 0. The number of hydrogen-bond donors (Lipinski definition) is 0. The third kappa shape index (κ3) is 1.88. The van der Waals surface area contributed by atoms with Crippen molar-refractivity contribution in [1.82, 2.24) is 0 Å². The monoisotopic (exact) mass is 154 g/mol. The molecule has 1 aliphatic carbocycles. The fourth-order valence-corrected chi connectivity index (χ4v) is 1.51. The summed E-state index contributed by atoms with van der Waals surface area (Å²) in [5.74, 6) is 0.644. The Balaban J connectivity index is 2.53. The molecule has 0 amide bonds. The first-order valence-electron chi connectivity index (χ1n) is 4.14. The van der Waals surface area contributed by atoms with Gasteiger partial charge in [-0.2, -0.15) is 0 Å². The predicted molar refractivity (Wildman–Crippen MR) is 42.2 cm³/mol. The van der Waals surface area contributed by atoms with Crippen LogP contribution in [0.4, 0.5) is 0 Å². The fraction of sp³-hybridized carbons (Fsp3) is 0.778. The zero-order valence-electron chi connectivity index (χ0n) is 7.09. The second-order valence-corrected chi connectivity index (χ2v) is 3.46. The van der Waals surface area contributed by atoms with Crippen LogP contribution in [-0.4, -0.2) is 11.6 Å². The summed E-state index contributed by atoms with van der Waals surface area (Å²) >= 11 is 0. The minimum Gasteiger partial charge on any atom is -0.300 e. The number of carbonyl (C=O) groups excluding carboxylic acids is 2. The third-order valence-electron chi connectivity index (χ3n) is 2.52. The van der Waals surface area contributed by atoms with Crippen molar-refractivity contribution in [2.45, 2.75) is 33.1 Å². The van der Waals surface area contributed by atoms with Gasteiger partial charge in [0.05, 0.1) is 0 Å². The minimum atomic E-state index is 0.0266. The van der Waals surface area contributed by atoms with Crippen molar-refractivity contribution >= 4 is 11.6 Å². The highest BCUT2D eigenvalue weighted by Crippen LogP contribution is 2.25. The molecule has 62 valence electrons. The Morgan fingerprint density at radius 1 is 1.45 bits per heavy atom. The normalized spacial score (nSPS) is 32.0. The summed E-state index contributed by atoms with van der Waals surface area (Å²) in [4.78, 5) is 22.1. The van der Waals surface area contributed by atoms with Gasteiger partial charge in [0.25, 0.3) is 0 Å². The van der Waals surface area contributed by atoms with Gasteiger partial charge in [-0.3, -0.25) is 9.59 Å². The molecule has 0 aromatic rings. The van der Waals surface area contributed by atoms with Crippen molar-refractivity contribution in [3.8, 4) is 0 Å². The predicted octanol–water partition coefficient (Wildman–Crippen LogP) is 1.58. The van der Waals surface area contributed by atoms with E-state index in [2.05, 4.69) is 0 Å². The van der Waals surface area contributed by atoms with E-state index in [4.69, 9.17) is 0 Å². The quantitative estimate of drug-likeness (QED) is 0.574. The molecule has 0 N–H and O–H groups in total. The summed E-state index contributed by atoms with van der Waals surface area (Å²) in [6.45, 7) is 3.52. The lowest BCUT2D eigenvalue weighted by atomic mass is 9.80. The summed E-state index contributed by atoms with van der Waals surface area (Å²) < 4.78 is 0. The van der Waals surface area contributed by atoms with E-state index in [1.165, 1.54) is 0 Å². The number of Topliss-reactive ketones (excluding diaryl/α,β-unsaturated/α-hetero) is 2. The number of rotatable bonds is 1. The molecule has 0 radical (unpaired) electrons. The maximum Gasteiger partial charge on any atom is 0.136 e. The van der Waals surface area contributed by atoms with Crippen LogP contribution < -0.4 is 0 Å². The lowest BCUT2D eigenvalue weighted by Gasteiger charge is -2.22. The van der Waals surface area contributed by atoms with Crippen molar-refractivity contribution < 1.29 is 9.59 Å². The zero-order chi connectivity index (χ0) is 8.43. The molecule has 0 spiro atoms. The Morgan fingerprint density at radius 3 is 2.55 bits per heavy atom. The number of hydrogen-bond acceptors (Lipinski definition) is 2. The topological polar surface area (TPSA) is 34.1 Å². The van der Waals surface area contributed by atoms with Crippen LogP contribution in [0.5, 0.6) is 0 Å². The molecule has 0 heterocycles. The molecular formula is C9H14O2. The summed E-state index contributed by atoms with van der Waals surface area (Å²) in [7, 11) is 0. The van der Waals surface area contributed by atoms with Crippen molar-refractivity contribution in [3.63, 3.8) is 0 Å². The average Bonchev–Trinajstić information content (AvgIpc) is 1.94. The van der Waals surface area contributed by atoms with E-state index in [0.717, 1.165) is 12.8 Å². The first-order chi connectivity index (χ1) is 5.11. The molecule has 2 heteroatoms. The van der Waals surface area contributed by atoms with Gasteiger partial charge in [0.1, 0.15) is 11.6 Å². The molecule has 0 aromatic carbocycles. The van der Waals surface area contributed by atoms with Crippen molar-refractivity contribution in [2.24, 2.45) is 11.8 Å². The minimum absolute atomic E-state index is 0.0266. The van der Waals surface area contributed by atoms with Crippen LogP contribution in [0.3, 0.4) is 0 Å². The molecule has 1 aliphatic rings. The van der Waals surface area contributed by atoms with Crippen LogP contribution in [0.1, 0.15) is 33.1 Å². The smallest absolute Gasteiger partial charge is 0.136 e. The summed E-state index contributed by atoms with van der Waals surface area (Å²) in [5, 5.41) is 0. The molecule has 0 saturated heterocycles. The van der Waals surface area contributed by atoms with E-state index < -0.39 is 0 Å². The molecule has 2 nitrogen and oxygen atoms in total. The highest BCUT2D eigenvalue weighted by molar-refractivity contribution is 5.88. The van der Waals surface area contributed by atoms with Gasteiger partial charge in [0.15, 0.2) is 0 Å². The summed E-state index contributed by atoms with van der Waals surface area (Å²) in [6, 6.07) is 0. The van der Waals surface area contributed by atoms with E-state index >= 15 is 0 Å². The third-order valence-corrected chi connectivity index (χ3v) is 2.52. The summed E-state index contributed by atoms with van der Waals surface area (Å²) in [6.07, 6.45) is 2.28. The van der Waals surface area contributed by atoms with Crippen molar-refractivity contribution in [2.75, 3.05) is 0 Å². The lowest BCUT2D eigenvalue weighted by molar-refractivity contribution is -0.131. The Bertz CT molecular complexity index is 184. The molecule has 1 rings (SSSR count). The molecule has 1 saturated carbocycles. The largest absolute Gasteiger partial charge is 0.300 e. The molecule has 11 heavy (non-hydrogen) atoms. The van der Waals surface area contributed by atoms with Crippen LogP contribution in [0.15, 0.2) is 0 Å². The maximum atomic E-state index is 11.2. The van der Waals surface area contributed by atoms with Gasteiger partial charge in [-0.25, -0.2) is 0 Å². The molecule has 0 bridgehead atoms. The van der Waals surface area contributed by atoms with E-state index in [0.29, 0.717) is 6.42 Å². The standard InChI is InChI=1S/C9H14O2/c1-6-3-4-8(7(2)10)5-9(6)11/h6,8H,3-5H2,1-2H3. The van der Waals surface area contributed by atoms with E-state index in [-0.39, 0.29) is 23.4 Å². The van der Waals surface area contributed by atoms with Gasteiger partial charge in [-0.15, -0.1) is 0 Å². The highest BCUT2D eigenvalue weighted by atomic mass is 16.1. The van der Waals surface area contributed by atoms with Crippen LogP contribution in [-0.2, 0) is 9.59 Å². The van der Waals surface area contributed by atoms with Gasteiger partial charge in [0, 0.05) is 18.3 Å². The molecule has 0 aliphatic heterocycles. The Kier molecular flexibility index (Phi) is 2.42. The van der Waals surface area contributed by atoms with E-state index in [9.17, 15) is 9.59 Å². The Hall–Kier alpha value is -0.660. The van der Waals surface area contributed by atoms with Gasteiger partial charge >= 0.3 is 0 Å². The SMILES string of the molecule is CC(=O)C1CCC(C)C(=O)C1. The second kappa shape index (κ2) is 3.16. The Morgan fingerprint density at radius 2 is 2.09 bits per heavy atom. The lowest BCUT2D eigenvalue weighted by Crippen LogP contribution is -2.26. The molecule has 2 atom stereocenters. The highest BCUT2D eigenvalue weighted by Gasteiger charge is 2.27. The molecule has 0 aromatic heterocycles. The van der Waals surface area contributed by atoms with E-state index in [1.54, 1.807) is 6.92 Å². The second-order valence-electron chi connectivity index (χ2n) is 3.46. The van der Waals surface area contributed by atoms with E-state index in [1.807, 2.05) is 6.92 Å².